The normalized spacial score (nSPS) is 10.8. The first-order chi connectivity index (χ1) is 10.8. The smallest absolute Gasteiger partial charge is 0.161 e. The molecule has 3 aromatic rings. The minimum atomic E-state index is 0.600. The van der Waals surface area contributed by atoms with Gasteiger partial charge in [-0.25, -0.2) is 4.98 Å². The molecule has 0 saturated carbocycles. The van der Waals surface area contributed by atoms with Crippen LogP contribution in [0.25, 0.3) is 10.2 Å². The fourth-order valence-corrected chi connectivity index (χ4v) is 4.01. The van der Waals surface area contributed by atoms with Gasteiger partial charge in [-0.1, -0.05) is 23.9 Å². The third kappa shape index (κ3) is 3.45. The Kier molecular flexibility index (Phi) is 4.70. The van der Waals surface area contributed by atoms with Crippen molar-refractivity contribution in [3.05, 3.63) is 42.5 Å². The van der Waals surface area contributed by atoms with E-state index in [-0.39, 0.29) is 0 Å². The number of rotatable bonds is 6. The molecule has 2 N–H and O–H groups in total. The molecular formula is C16H16N2O2S2. The Morgan fingerprint density at radius 2 is 2.00 bits per heavy atom. The summed E-state index contributed by atoms with van der Waals surface area (Å²) in [4.78, 5) is 4.58. The molecule has 6 heteroatoms. The molecule has 3 rings (SSSR count). The number of methoxy groups -OCH3 is 1. The van der Waals surface area contributed by atoms with Gasteiger partial charge in [0.25, 0.3) is 0 Å². The monoisotopic (exact) mass is 332 g/mol. The van der Waals surface area contributed by atoms with Gasteiger partial charge in [0.05, 0.1) is 23.9 Å². The zero-order chi connectivity index (χ0) is 15.4. The summed E-state index contributed by atoms with van der Waals surface area (Å²) < 4.78 is 13.2. The third-order valence-corrected chi connectivity index (χ3v) is 5.15. The highest BCUT2D eigenvalue weighted by atomic mass is 32.2. The topological polar surface area (TPSA) is 57.4 Å². The van der Waals surface area contributed by atoms with E-state index in [1.54, 1.807) is 30.2 Å². The van der Waals surface area contributed by atoms with Crippen LogP contribution in [0.1, 0.15) is 0 Å². The van der Waals surface area contributed by atoms with E-state index in [9.17, 15) is 0 Å². The minimum absolute atomic E-state index is 0.600. The van der Waals surface area contributed by atoms with Crippen LogP contribution in [-0.4, -0.2) is 24.5 Å². The van der Waals surface area contributed by atoms with E-state index >= 15 is 0 Å². The fraction of sp³-hybridized carbons (Fsp3) is 0.188. The average molecular weight is 332 g/mol. The van der Waals surface area contributed by atoms with Gasteiger partial charge in [-0.05, 0) is 30.3 Å². The molecular weight excluding hydrogens is 316 g/mol. The zero-order valence-corrected chi connectivity index (χ0v) is 13.7. The van der Waals surface area contributed by atoms with Crippen LogP contribution in [0.15, 0.2) is 46.8 Å². The van der Waals surface area contributed by atoms with E-state index in [4.69, 9.17) is 15.2 Å². The van der Waals surface area contributed by atoms with Gasteiger partial charge < -0.3 is 15.2 Å². The van der Waals surface area contributed by atoms with Crippen LogP contribution >= 0.6 is 23.1 Å². The summed E-state index contributed by atoms with van der Waals surface area (Å²) in [5.74, 6) is 2.35. The summed E-state index contributed by atoms with van der Waals surface area (Å²) in [6, 6.07) is 13.4. The lowest BCUT2D eigenvalue weighted by Gasteiger charge is -2.09. The van der Waals surface area contributed by atoms with Crippen LogP contribution < -0.4 is 15.2 Å². The summed E-state index contributed by atoms with van der Waals surface area (Å²) in [6.45, 7) is 0.600. The highest BCUT2D eigenvalue weighted by Crippen LogP contribution is 2.31. The highest BCUT2D eigenvalue weighted by Gasteiger charge is 2.06. The lowest BCUT2D eigenvalue weighted by atomic mass is 10.3. The largest absolute Gasteiger partial charge is 0.493 e. The third-order valence-electron chi connectivity index (χ3n) is 3.03. The molecule has 1 heterocycles. The number of thiazole rings is 1. The Morgan fingerprint density at radius 1 is 1.18 bits per heavy atom. The minimum Gasteiger partial charge on any atom is -0.493 e. The summed E-state index contributed by atoms with van der Waals surface area (Å²) in [5.41, 5.74) is 7.55. The maximum atomic E-state index is 5.79. The van der Waals surface area contributed by atoms with Crippen LogP contribution in [-0.2, 0) is 0 Å². The van der Waals surface area contributed by atoms with Crippen molar-refractivity contribution in [2.75, 3.05) is 25.2 Å². The maximum Gasteiger partial charge on any atom is 0.161 e. The number of hydrogen-bond donors (Lipinski definition) is 1. The van der Waals surface area contributed by atoms with Crippen molar-refractivity contribution in [3.63, 3.8) is 0 Å². The second-order valence-electron chi connectivity index (χ2n) is 4.55. The van der Waals surface area contributed by atoms with Crippen molar-refractivity contribution < 1.29 is 9.47 Å². The van der Waals surface area contributed by atoms with Gasteiger partial charge in [0, 0.05) is 11.4 Å². The second-order valence-corrected chi connectivity index (χ2v) is 6.93. The van der Waals surface area contributed by atoms with E-state index in [1.165, 1.54) is 0 Å². The first-order valence-electron chi connectivity index (χ1n) is 6.81. The van der Waals surface area contributed by atoms with Crippen LogP contribution in [0.4, 0.5) is 5.69 Å². The molecule has 22 heavy (non-hydrogen) atoms. The Balaban J connectivity index is 1.56. The Hall–Kier alpha value is -1.92. The van der Waals surface area contributed by atoms with E-state index in [0.717, 1.165) is 37.5 Å². The number of ether oxygens (including phenoxy) is 2. The number of thioether (sulfide) groups is 1. The number of hydrogen-bond acceptors (Lipinski definition) is 6. The van der Waals surface area contributed by atoms with Crippen molar-refractivity contribution in [2.45, 2.75) is 4.34 Å². The Labute approximate surface area is 137 Å². The van der Waals surface area contributed by atoms with Gasteiger partial charge in [-0.15, -0.1) is 11.3 Å². The summed E-state index contributed by atoms with van der Waals surface area (Å²) in [5, 5.41) is 0. The van der Waals surface area contributed by atoms with Crippen LogP contribution in [0.2, 0.25) is 0 Å². The van der Waals surface area contributed by atoms with E-state index in [2.05, 4.69) is 4.98 Å². The molecule has 0 saturated heterocycles. The molecule has 0 bridgehead atoms. The second kappa shape index (κ2) is 6.89. The molecule has 0 unspecified atom stereocenters. The van der Waals surface area contributed by atoms with Gasteiger partial charge in [0.2, 0.25) is 0 Å². The molecule has 0 aliphatic heterocycles. The van der Waals surface area contributed by atoms with Crippen LogP contribution in [0.3, 0.4) is 0 Å². The van der Waals surface area contributed by atoms with Crippen LogP contribution in [0.5, 0.6) is 11.5 Å². The summed E-state index contributed by atoms with van der Waals surface area (Å²) in [7, 11) is 1.64. The summed E-state index contributed by atoms with van der Waals surface area (Å²) in [6.07, 6.45) is 0. The molecule has 0 amide bonds. The number of anilines is 1. The van der Waals surface area contributed by atoms with E-state index in [1.807, 2.05) is 42.5 Å². The molecule has 4 nitrogen and oxygen atoms in total. The average Bonchev–Trinajstić information content (AvgIpc) is 2.93. The molecule has 0 aliphatic rings. The Morgan fingerprint density at radius 3 is 2.82 bits per heavy atom. The number of nitrogens with zero attached hydrogens (tertiary/aromatic N) is 1. The molecule has 0 atom stereocenters. The first-order valence-corrected chi connectivity index (χ1v) is 8.61. The molecule has 1 aromatic heterocycles. The number of para-hydroxylation sites is 2. The van der Waals surface area contributed by atoms with E-state index in [0.29, 0.717) is 6.61 Å². The molecule has 0 aliphatic carbocycles. The predicted octanol–water partition coefficient (Wildman–Crippen LogP) is 4.06. The Bertz CT molecular complexity index is 774. The fourth-order valence-electron chi connectivity index (χ4n) is 2.00. The van der Waals surface area contributed by atoms with Crippen LogP contribution in [0, 0.1) is 0 Å². The van der Waals surface area contributed by atoms with Crippen molar-refractivity contribution >= 4 is 39.0 Å². The highest BCUT2D eigenvalue weighted by molar-refractivity contribution is 8.01. The molecule has 114 valence electrons. The molecule has 0 radical (unpaired) electrons. The van der Waals surface area contributed by atoms with Gasteiger partial charge in [0.1, 0.15) is 0 Å². The van der Waals surface area contributed by atoms with Gasteiger partial charge in [-0.2, -0.15) is 0 Å². The number of benzene rings is 2. The predicted molar refractivity (Wildman–Crippen MR) is 93.2 cm³/mol. The van der Waals surface area contributed by atoms with Gasteiger partial charge in [-0.3, -0.25) is 0 Å². The standard InChI is InChI=1S/C16H16N2O2S2/c1-19-13-4-2-3-5-14(13)20-8-9-21-16-18-12-7-6-11(17)10-15(12)22-16/h2-7,10H,8-9,17H2,1H3. The number of nitrogens with two attached hydrogens (primary N) is 1. The molecule has 0 fully saturated rings. The molecule has 2 aromatic carbocycles. The number of fused-ring (bicyclic) bond motifs is 1. The van der Waals surface area contributed by atoms with Crippen molar-refractivity contribution in [1.82, 2.24) is 4.98 Å². The SMILES string of the molecule is COc1ccccc1OCCSc1nc2ccc(N)cc2s1. The number of nitrogen functional groups attached to an aromatic ring is 1. The van der Waals surface area contributed by atoms with Gasteiger partial charge >= 0.3 is 0 Å². The van der Waals surface area contributed by atoms with Crippen molar-refractivity contribution in [3.8, 4) is 11.5 Å². The lowest BCUT2D eigenvalue weighted by molar-refractivity contribution is 0.313. The first kappa shape index (κ1) is 15.0. The van der Waals surface area contributed by atoms with Crippen molar-refractivity contribution in [1.29, 1.82) is 0 Å². The van der Waals surface area contributed by atoms with Gasteiger partial charge in [0.15, 0.2) is 15.8 Å². The molecule has 0 spiro atoms. The lowest BCUT2D eigenvalue weighted by Crippen LogP contribution is -2.01. The summed E-state index contributed by atoms with van der Waals surface area (Å²) >= 11 is 3.34. The number of aromatic nitrogens is 1. The maximum absolute atomic E-state index is 5.79. The quantitative estimate of drug-likeness (QED) is 0.419. The zero-order valence-electron chi connectivity index (χ0n) is 12.1. The van der Waals surface area contributed by atoms with Crippen molar-refractivity contribution in [2.24, 2.45) is 0 Å². The van der Waals surface area contributed by atoms with E-state index < -0.39 is 0 Å².